The fraction of sp³-hybridized carbons (Fsp3) is 0.571. The first-order chi connectivity index (χ1) is 8.92. The molecule has 0 aromatic rings. The second kappa shape index (κ2) is 6.28. The lowest BCUT2D eigenvalue weighted by atomic mass is 9.85. The van der Waals surface area contributed by atoms with Crippen molar-refractivity contribution in [2.45, 2.75) is 44.8 Å². The van der Waals surface area contributed by atoms with Crippen molar-refractivity contribution in [3.63, 3.8) is 0 Å². The van der Waals surface area contributed by atoms with Crippen molar-refractivity contribution in [3.05, 3.63) is 24.9 Å². The molecular weight excluding hydrogens is 260 g/mol. The summed E-state index contributed by atoms with van der Waals surface area (Å²) in [5, 5.41) is -0.625. The van der Waals surface area contributed by atoms with Crippen LogP contribution in [0.4, 0.5) is 0 Å². The molecule has 1 saturated carbocycles. The van der Waals surface area contributed by atoms with Crippen LogP contribution in [0.2, 0.25) is 0 Å². The van der Waals surface area contributed by atoms with Gasteiger partial charge < -0.3 is 0 Å². The number of aliphatic imine (C=N–C) groups is 2. The van der Waals surface area contributed by atoms with E-state index in [1.807, 2.05) is 6.92 Å². The standard InChI is InChI=1S/C14H22N2O2S/c1-5-9-14(3)10-7-8-12(14)19(17,18)13(15-4)16-11-6-2/h5-6,11-12H,1,4,7-10H2,2-3H3/b11-6-,16-13?/t12-,14-/m1/s1. The average Bonchev–Trinajstić information content (AvgIpc) is 2.73. The highest BCUT2D eigenvalue weighted by Crippen LogP contribution is 2.45. The molecule has 0 spiro atoms. The molecule has 2 atom stereocenters. The topological polar surface area (TPSA) is 58.9 Å². The summed E-state index contributed by atoms with van der Waals surface area (Å²) in [4.78, 5) is 7.50. The fourth-order valence-corrected chi connectivity index (χ4v) is 4.85. The number of sulfone groups is 1. The van der Waals surface area contributed by atoms with E-state index in [1.165, 1.54) is 6.20 Å². The van der Waals surface area contributed by atoms with Crippen LogP contribution in [0.3, 0.4) is 0 Å². The highest BCUT2D eigenvalue weighted by molar-refractivity contribution is 8.06. The first-order valence-corrected chi connectivity index (χ1v) is 7.97. The lowest BCUT2D eigenvalue weighted by Gasteiger charge is -2.29. The number of nitrogens with zero attached hydrogens (tertiary/aromatic N) is 2. The maximum atomic E-state index is 12.6. The molecule has 0 aliphatic heterocycles. The van der Waals surface area contributed by atoms with Gasteiger partial charge in [-0.1, -0.05) is 25.5 Å². The summed E-state index contributed by atoms with van der Waals surface area (Å²) >= 11 is 0. The fourth-order valence-electron chi connectivity index (χ4n) is 2.76. The first kappa shape index (κ1) is 15.8. The summed E-state index contributed by atoms with van der Waals surface area (Å²) in [5.74, 6) is 0. The molecule has 19 heavy (non-hydrogen) atoms. The zero-order valence-electron chi connectivity index (χ0n) is 11.7. The highest BCUT2D eigenvalue weighted by Gasteiger charge is 2.47. The molecule has 5 heteroatoms. The molecule has 1 aliphatic rings. The van der Waals surface area contributed by atoms with Crippen molar-refractivity contribution in [3.8, 4) is 0 Å². The van der Waals surface area contributed by atoms with E-state index < -0.39 is 15.1 Å². The molecule has 0 N–H and O–H groups in total. The van der Waals surface area contributed by atoms with Crippen LogP contribution < -0.4 is 0 Å². The Morgan fingerprint density at radius 2 is 2.21 bits per heavy atom. The molecule has 0 aromatic heterocycles. The van der Waals surface area contributed by atoms with Crippen LogP contribution in [0.15, 0.2) is 34.9 Å². The maximum Gasteiger partial charge on any atom is 0.246 e. The number of allylic oxidation sites excluding steroid dienone is 2. The molecule has 0 amide bonds. The predicted octanol–water partition coefficient (Wildman–Crippen LogP) is 3.13. The third kappa shape index (κ3) is 3.21. The summed E-state index contributed by atoms with van der Waals surface area (Å²) in [6.07, 6.45) is 8.01. The Labute approximate surface area is 116 Å². The van der Waals surface area contributed by atoms with Gasteiger partial charge in [-0.25, -0.2) is 18.4 Å². The minimum absolute atomic E-state index is 0.173. The van der Waals surface area contributed by atoms with Gasteiger partial charge in [0, 0.05) is 6.20 Å². The molecular formula is C14H22N2O2S. The van der Waals surface area contributed by atoms with Gasteiger partial charge in [0.2, 0.25) is 15.0 Å². The third-order valence-corrected chi connectivity index (χ3v) is 6.00. The normalized spacial score (nSPS) is 28.7. The zero-order valence-corrected chi connectivity index (χ0v) is 12.5. The Balaban J connectivity index is 3.18. The van der Waals surface area contributed by atoms with Crippen LogP contribution in [0.1, 0.15) is 39.5 Å². The summed E-state index contributed by atoms with van der Waals surface area (Å²) < 4.78 is 25.3. The van der Waals surface area contributed by atoms with E-state index in [1.54, 1.807) is 19.1 Å². The molecule has 0 aromatic carbocycles. The van der Waals surface area contributed by atoms with E-state index >= 15 is 0 Å². The molecule has 0 unspecified atom stereocenters. The van der Waals surface area contributed by atoms with Crippen molar-refractivity contribution < 1.29 is 8.42 Å². The summed E-state index contributed by atoms with van der Waals surface area (Å²) in [5.41, 5.74) is -0.276. The lowest BCUT2D eigenvalue weighted by Crippen LogP contribution is -2.37. The van der Waals surface area contributed by atoms with Gasteiger partial charge in [-0.05, 0) is 38.3 Å². The maximum absolute atomic E-state index is 12.6. The molecule has 4 nitrogen and oxygen atoms in total. The largest absolute Gasteiger partial charge is 0.246 e. The van der Waals surface area contributed by atoms with E-state index in [2.05, 4.69) is 23.3 Å². The summed E-state index contributed by atoms with van der Waals surface area (Å²) in [6, 6.07) is 0. The first-order valence-electron chi connectivity index (χ1n) is 6.43. The van der Waals surface area contributed by atoms with E-state index in [0.717, 1.165) is 12.8 Å². The highest BCUT2D eigenvalue weighted by atomic mass is 32.2. The Kier molecular flexibility index (Phi) is 5.23. The third-order valence-electron chi connectivity index (χ3n) is 3.70. The van der Waals surface area contributed by atoms with Crippen molar-refractivity contribution in [1.29, 1.82) is 0 Å². The van der Waals surface area contributed by atoms with Crippen molar-refractivity contribution in [1.82, 2.24) is 0 Å². The monoisotopic (exact) mass is 282 g/mol. The van der Waals surface area contributed by atoms with Gasteiger partial charge in [-0.3, -0.25) is 0 Å². The molecule has 0 saturated heterocycles. The number of amidine groups is 1. The van der Waals surface area contributed by atoms with Crippen LogP contribution >= 0.6 is 0 Å². The quantitative estimate of drug-likeness (QED) is 0.452. The summed E-state index contributed by atoms with van der Waals surface area (Å²) in [6.45, 7) is 10.8. The predicted molar refractivity (Wildman–Crippen MR) is 81.3 cm³/mol. The number of rotatable bonds is 4. The van der Waals surface area contributed by atoms with E-state index in [4.69, 9.17) is 0 Å². The summed E-state index contributed by atoms with van der Waals surface area (Å²) in [7, 11) is -3.53. The Morgan fingerprint density at radius 1 is 1.53 bits per heavy atom. The van der Waals surface area contributed by atoms with Gasteiger partial charge in [-0.2, -0.15) is 0 Å². The minimum atomic E-state index is -3.53. The molecule has 0 radical (unpaired) electrons. The zero-order chi connectivity index (χ0) is 14.5. The number of hydrogen-bond acceptors (Lipinski definition) is 3. The van der Waals surface area contributed by atoms with Crippen LogP contribution in [0.25, 0.3) is 0 Å². The second-order valence-electron chi connectivity index (χ2n) is 5.12. The van der Waals surface area contributed by atoms with Gasteiger partial charge in [0.25, 0.3) is 0 Å². The molecule has 106 valence electrons. The van der Waals surface area contributed by atoms with Crippen molar-refractivity contribution >= 4 is 21.7 Å². The number of hydrogen-bond donors (Lipinski definition) is 0. The lowest BCUT2D eigenvalue weighted by molar-refractivity contribution is 0.343. The van der Waals surface area contributed by atoms with Gasteiger partial charge in [-0.15, -0.1) is 6.58 Å². The van der Waals surface area contributed by atoms with Gasteiger partial charge in [0.15, 0.2) is 0 Å². The molecule has 1 fully saturated rings. The van der Waals surface area contributed by atoms with Gasteiger partial charge in [0.05, 0.1) is 5.25 Å². The molecule has 1 rings (SSSR count). The minimum Gasteiger partial charge on any atom is -0.235 e. The molecule has 0 heterocycles. The van der Waals surface area contributed by atoms with Crippen molar-refractivity contribution in [2.24, 2.45) is 15.4 Å². The average molecular weight is 282 g/mol. The van der Waals surface area contributed by atoms with Crippen LogP contribution in [0.5, 0.6) is 0 Å². The van der Waals surface area contributed by atoms with Crippen LogP contribution in [-0.4, -0.2) is 25.6 Å². The van der Waals surface area contributed by atoms with Gasteiger partial charge >= 0.3 is 0 Å². The Morgan fingerprint density at radius 3 is 2.74 bits per heavy atom. The van der Waals surface area contributed by atoms with E-state index in [-0.39, 0.29) is 10.6 Å². The van der Waals surface area contributed by atoms with Crippen LogP contribution in [0, 0.1) is 5.41 Å². The van der Waals surface area contributed by atoms with Crippen LogP contribution in [-0.2, 0) is 9.84 Å². The molecule has 1 aliphatic carbocycles. The van der Waals surface area contributed by atoms with E-state index in [0.29, 0.717) is 12.8 Å². The Hall–Kier alpha value is -1.23. The molecule has 0 bridgehead atoms. The smallest absolute Gasteiger partial charge is 0.235 e. The van der Waals surface area contributed by atoms with Gasteiger partial charge in [0.1, 0.15) is 0 Å². The van der Waals surface area contributed by atoms with E-state index in [9.17, 15) is 8.42 Å². The Bertz CT molecular complexity index is 506. The van der Waals surface area contributed by atoms with Crippen molar-refractivity contribution in [2.75, 3.05) is 0 Å². The second-order valence-corrected chi connectivity index (χ2v) is 7.15. The SMILES string of the molecule is C=CC[C@]1(C)CCC[C@H]1S(=O)(=O)C(N=C)=N/C=C\C.